The molecular weight excluding hydrogens is 198 g/mol. The van der Waals surface area contributed by atoms with Crippen molar-refractivity contribution in [2.24, 2.45) is 17.6 Å². The Labute approximate surface area is 98.9 Å². The summed E-state index contributed by atoms with van der Waals surface area (Å²) in [7, 11) is 0. The van der Waals surface area contributed by atoms with E-state index in [1.807, 2.05) is 0 Å². The third-order valence-corrected chi connectivity index (χ3v) is 4.30. The Morgan fingerprint density at radius 3 is 2.69 bits per heavy atom. The number of piperidine rings is 1. The van der Waals surface area contributed by atoms with E-state index in [-0.39, 0.29) is 0 Å². The van der Waals surface area contributed by atoms with Gasteiger partial charge in [0.15, 0.2) is 0 Å². The SMILES string of the molecule is N=C(N)CCCN1CCC2CCCCC2C1. The van der Waals surface area contributed by atoms with Gasteiger partial charge in [-0.15, -0.1) is 0 Å². The van der Waals surface area contributed by atoms with Gasteiger partial charge in [-0.2, -0.15) is 0 Å². The third-order valence-electron chi connectivity index (χ3n) is 4.30. The van der Waals surface area contributed by atoms with E-state index in [0.29, 0.717) is 5.84 Å². The van der Waals surface area contributed by atoms with Crippen LogP contribution in [0, 0.1) is 17.2 Å². The van der Waals surface area contributed by atoms with E-state index >= 15 is 0 Å². The molecule has 3 N–H and O–H groups in total. The Bertz CT molecular complexity index is 239. The minimum atomic E-state index is 0.340. The molecule has 0 amide bonds. The Balaban J connectivity index is 1.70. The van der Waals surface area contributed by atoms with Gasteiger partial charge < -0.3 is 10.6 Å². The number of hydrogen-bond acceptors (Lipinski definition) is 2. The van der Waals surface area contributed by atoms with Gasteiger partial charge in [-0.25, -0.2) is 0 Å². The molecule has 0 spiro atoms. The van der Waals surface area contributed by atoms with Crippen LogP contribution < -0.4 is 5.73 Å². The fourth-order valence-corrected chi connectivity index (χ4v) is 3.37. The molecule has 0 aromatic carbocycles. The van der Waals surface area contributed by atoms with Crippen LogP contribution >= 0.6 is 0 Å². The second-order valence-electron chi connectivity index (χ2n) is 5.52. The van der Waals surface area contributed by atoms with Crippen molar-refractivity contribution < 1.29 is 0 Å². The zero-order chi connectivity index (χ0) is 11.4. The van der Waals surface area contributed by atoms with Crippen molar-refractivity contribution in [1.82, 2.24) is 4.90 Å². The number of nitrogens with zero attached hydrogens (tertiary/aromatic N) is 1. The zero-order valence-corrected chi connectivity index (χ0v) is 10.3. The summed E-state index contributed by atoms with van der Waals surface area (Å²) in [5.74, 6) is 2.34. The summed E-state index contributed by atoms with van der Waals surface area (Å²) in [5.41, 5.74) is 5.38. The second-order valence-corrected chi connectivity index (χ2v) is 5.52. The molecule has 0 aromatic heterocycles. The summed E-state index contributed by atoms with van der Waals surface area (Å²) in [6.07, 6.45) is 9.08. The standard InChI is InChI=1S/C13H25N3/c14-13(15)6-3-8-16-9-7-11-4-1-2-5-12(11)10-16/h11-12H,1-10H2,(H3,14,15). The van der Waals surface area contributed by atoms with Crippen LogP contribution in [0.5, 0.6) is 0 Å². The highest BCUT2D eigenvalue weighted by atomic mass is 15.1. The first-order valence-electron chi connectivity index (χ1n) is 6.81. The topological polar surface area (TPSA) is 53.1 Å². The smallest absolute Gasteiger partial charge is 0.0905 e. The molecule has 1 saturated heterocycles. The van der Waals surface area contributed by atoms with Gasteiger partial charge in [-0.1, -0.05) is 19.3 Å². The molecule has 3 heteroatoms. The molecule has 1 aliphatic heterocycles. The van der Waals surface area contributed by atoms with Crippen molar-refractivity contribution in [1.29, 1.82) is 5.41 Å². The maximum atomic E-state index is 7.22. The number of likely N-dealkylation sites (tertiary alicyclic amines) is 1. The zero-order valence-electron chi connectivity index (χ0n) is 10.3. The van der Waals surface area contributed by atoms with Gasteiger partial charge in [0.25, 0.3) is 0 Å². The lowest BCUT2D eigenvalue weighted by molar-refractivity contribution is 0.0865. The Kier molecular flexibility index (Phi) is 4.22. The average molecular weight is 223 g/mol. The van der Waals surface area contributed by atoms with Crippen LogP contribution in [-0.2, 0) is 0 Å². The van der Waals surface area contributed by atoms with Crippen LogP contribution in [0.3, 0.4) is 0 Å². The van der Waals surface area contributed by atoms with E-state index in [1.54, 1.807) is 0 Å². The van der Waals surface area contributed by atoms with E-state index in [4.69, 9.17) is 11.1 Å². The van der Waals surface area contributed by atoms with Gasteiger partial charge in [0.2, 0.25) is 0 Å². The molecule has 2 aliphatic rings. The lowest BCUT2D eigenvalue weighted by Crippen LogP contribution is -2.42. The molecule has 92 valence electrons. The molecule has 2 unspecified atom stereocenters. The summed E-state index contributed by atoms with van der Waals surface area (Å²) < 4.78 is 0. The van der Waals surface area contributed by atoms with Crippen molar-refractivity contribution in [2.75, 3.05) is 19.6 Å². The van der Waals surface area contributed by atoms with Crippen LogP contribution in [0.2, 0.25) is 0 Å². The van der Waals surface area contributed by atoms with Crippen molar-refractivity contribution in [3.63, 3.8) is 0 Å². The number of amidine groups is 1. The molecule has 2 atom stereocenters. The first kappa shape index (κ1) is 11.9. The molecule has 3 nitrogen and oxygen atoms in total. The Hall–Kier alpha value is -0.570. The molecule has 1 saturated carbocycles. The lowest BCUT2D eigenvalue weighted by Gasteiger charge is -2.41. The number of rotatable bonds is 4. The molecule has 0 bridgehead atoms. The molecule has 0 radical (unpaired) electrons. The summed E-state index contributed by atoms with van der Waals surface area (Å²) >= 11 is 0. The average Bonchev–Trinajstić information content (AvgIpc) is 2.28. The fraction of sp³-hybridized carbons (Fsp3) is 0.923. The van der Waals surface area contributed by atoms with Gasteiger partial charge >= 0.3 is 0 Å². The Morgan fingerprint density at radius 2 is 1.94 bits per heavy atom. The first-order chi connectivity index (χ1) is 7.75. The first-order valence-corrected chi connectivity index (χ1v) is 6.81. The van der Waals surface area contributed by atoms with Crippen molar-refractivity contribution >= 4 is 5.84 Å². The normalized spacial score (nSPS) is 31.0. The summed E-state index contributed by atoms with van der Waals surface area (Å²) in [6, 6.07) is 0. The van der Waals surface area contributed by atoms with Crippen LogP contribution in [0.4, 0.5) is 0 Å². The maximum Gasteiger partial charge on any atom is 0.0905 e. The Morgan fingerprint density at radius 1 is 1.19 bits per heavy atom. The highest BCUT2D eigenvalue weighted by molar-refractivity contribution is 5.76. The largest absolute Gasteiger partial charge is 0.388 e. The molecule has 1 heterocycles. The van der Waals surface area contributed by atoms with Crippen LogP contribution in [0.25, 0.3) is 0 Å². The lowest BCUT2D eigenvalue weighted by atomic mass is 9.75. The molecule has 2 rings (SSSR count). The number of hydrogen-bond donors (Lipinski definition) is 2. The van der Waals surface area contributed by atoms with E-state index in [0.717, 1.165) is 31.2 Å². The minimum absolute atomic E-state index is 0.340. The molecule has 0 aromatic rings. The van der Waals surface area contributed by atoms with Crippen LogP contribution in [0.1, 0.15) is 44.9 Å². The molecular formula is C13H25N3. The summed E-state index contributed by atoms with van der Waals surface area (Å²) in [4.78, 5) is 2.59. The van der Waals surface area contributed by atoms with Crippen molar-refractivity contribution in [2.45, 2.75) is 44.9 Å². The van der Waals surface area contributed by atoms with Gasteiger partial charge in [-0.05, 0) is 44.2 Å². The highest BCUT2D eigenvalue weighted by Crippen LogP contribution is 2.35. The summed E-state index contributed by atoms with van der Waals surface area (Å²) in [6.45, 7) is 3.73. The molecule has 16 heavy (non-hydrogen) atoms. The van der Waals surface area contributed by atoms with Gasteiger partial charge in [0.1, 0.15) is 0 Å². The fourth-order valence-electron chi connectivity index (χ4n) is 3.37. The van der Waals surface area contributed by atoms with Crippen molar-refractivity contribution in [3.8, 4) is 0 Å². The quantitative estimate of drug-likeness (QED) is 0.567. The van der Waals surface area contributed by atoms with Gasteiger partial charge in [0, 0.05) is 13.0 Å². The highest BCUT2D eigenvalue weighted by Gasteiger charge is 2.30. The van der Waals surface area contributed by atoms with Crippen molar-refractivity contribution in [3.05, 3.63) is 0 Å². The molecule has 2 fully saturated rings. The van der Waals surface area contributed by atoms with Gasteiger partial charge in [-0.3, -0.25) is 5.41 Å². The predicted octanol–water partition coefficient (Wildman–Crippen LogP) is 2.21. The van der Waals surface area contributed by atoms with Crippen LogP contribution in [-0.4, -0.2) is 30.4 Å². The number of nitrogens with two attached hydrogens (primary N) is 1. The van der Waals surface area contributed by atoms with Crippen LogP contribution in [0.15, 0.2) is 0 Å². The minimum Gasteiger partial charge on any atom is -0.388 e. The van der Waals surface area contributed by atoms with E-state index in [1.165, 1.54) is 45.2 Å². The second kappa shape index (κ2) is 5.67. The van der Waals surface area contributed by atoms with E-state index in [9.17, 15) is 0 Å². The number of nitrogens with one attached hydrogen (secondary N) is 1. The maximum absolute atomic E-state index is 7.22. The van der Waals surface area contributed by atoms with E-state index in [2.05, 4.69) is 4.90 Å². The predicted molar refractivity (Wildman–Crippen MR) is 67.7 cm³/mol. The number of fused-ring (bicyclic) bond motifs is 1. The third kappa shape index (κ3) is 3.21. The summed E-state index contributed by atoms with van der Waals surface area (Å²) in [5, 5.41) is 7.22. The van der Waals surface area contributed by atoms with E-state index < -0.39 is 0 Å². The molecule has 1 aliphatic carbocycles. The van der Waals surface area contributed by atoms with Gasteiger partial charge in [0.05, 0.1) is 5.84 Å². The monoisotopic (exact) mass is 223 g/mol.